The van der Waals surface area contributed by atoms with Gasteiger partial charge in [0.25, 0.3) is 0 Å². The minimum atomic E-state index is -0.713. The van der Waals surface area contributed by atoms with Crippen LogP contribution in [-0.2, 0) is 4.79 Å². The molecule has 1 aliphatic rings. The highest BCUT2D eigenvalue weighted by Crippen LogP contribution is 2.05. The molecule has 0 aromatic rings. The number of hydrogen-bond acceptors (Lipinski definition) is 2. The highest BCUT2D eigenvalue weighted by Gasteiger charge is 2.18. The minimum Gasteiger partial charge on any atom is -0.480 e. The summed E-state index contributed by atoms with van der Waals surface area (Å²) in [6.07, 6.45) is 2.95. The van der Waals surface area contributed by atoms with Crippen molar-refractivity contribution in [2.75, 3.05) is 6.54 Å². The third-order valence-electron chi connectivity index (χ3n) is 1.61. The maximum atomic E-state index is 10.3. The van der Waals surface area contributed by atoms with Gasteiger partial charge in [-0.1, -0.05) is 20.3 Å². The number of hydrogen-bond donors (Lipinski definition) is 2. The molecule has 0 aromatic carbocycles. The summed E-state index contributed by atoms with van der Waals surface area (Å²) in [7, 11) is 0. The lowest BCUT2D eigenvalue weighted by Crippen LogP contribution is -2.40. The number of rotatable bonds is 1. The van der Waals surface area contributed by atoms with Crippen LogP contribution < -0.4 is 5.32 Å². The van der Waals surface area contributed by atoms with E-state index in [9.17, 15) is 4.79 Å². The molecular weight excluding hydrogens is 142 g/mol. The van der Waals surface area contributed by atoms with Crippen molar-refractivity contribution in [3.8, 4) is 0 Å². The minimum absolute atomic E-state index is 0.279. The molecule has 0 amide bonds. The Balaban J connectivity index is 0.000000461. The molecule has 0 spiro atoms. The molecule has 0 radical (unpaired) electrons. The third kappa shape index (κ3) is 3.98. The lowest BCUT2D eigenvalue weighted by molar-refractivity contribution is -0.140. The van der Waals surface area contributed by atoms with Crippen LogP contribution in [-0.4, -0.2) is 23.7 Å². The highest BCUT2D eigenvalue weighted by atomic mass is 16.4. The van der Waals surface area contributed by atoms with Crippen LogP contribution in [0.15, 0.2) is 0 Å². The fourth-order valence-corrected chi connectivity index (χ4v) is 1.06. The predicted molar refractivity (Wildman–Crippen MR) is 44.6 cm³/mol. The zero-order valence-corrected chi connectivity index (χ0v) is 7.26. The molecule has 1 heterocycles. The van der Waals surface area contributed by atoms with E-state index >= 15 is 0 Å². The van der Waals surface area contributed by atoms with Gasteiger partial charge in [0.2, 0.25) is 0 Å². The monoisotopic (exact) mass is 159 g/mol. The largest absolute Gasteiger partial charge is 0.480 e. The molecule has 1 rings (SSSR count). The second-order valence-electron chi connectivity index (χ2n) is 2.34. The third-order valence-corrected chi connectivity index (χ3v) is 1.61. The summed E-state index contributed by atoms with van der Waals surface area (Å²) in [5.41, 5.74) is 0. The van der Waals surface area contributed by atoms with Crippen LogP contribution >= 0.6 is 0 Å². The molecular formula is C8H17NO2. The summed E-state index contributed by atoms with van der Waals surface area (Å²) < 4.78 is 0. The summed E-state index contributed by atoms with van der Waals surface area (Å²) in [5.74, 6) is -0.713. The first-order chi connectivity index (χ1) is 5.30. The summed E-state index contributed by atoms with van der Waals surface area (Å²) in [6, 6.07) is -0.279. The van der Waals surface area contributed by atoms with Gasteiger partial charge < -0.3 is 10.4 Å². The Morgan fingerprint density at radius 2 is 2.09 bits per heavy atom. The Morgan fingerprint density at radius 1 is 1.45 bits per heavy atom. The van der Waals surface area contributed by atoms with Gasteiger partial charge in [-0.3, -0.25) is 4.79 Å². The van der Waals surface area contributed by atoms with Crippen molar-refractivity contribution in [2.45, 2.75) is 39.2 Å². The van der Waals surface area contributed by atoms with Crippen LogP contribution in [0.5, 0.6) is 0 Å². The number of carboxylic acids is 1. The molecule has 0 aliphatic carbocycles. The first-order valence-corrected chi connectivity index (χ1v) is 4.27. The van der Waals surface area contributed by atoms with Crippen LogP contribution in [0.1, 0.15) is 33.1 Å². The number of aliphatic carboxylic acids is 1. The molecule has 66 valence electrons. The summed E-state index contributed by atoms with van der Waals surface area (Å²) in [6.45, 7) is 4.86. The molecule has 3 nitrogen and oxygen atoms in total. The maximum Gasteiger partial charge on any atom is 0.320 e. The van der Waals surface area contributed by atoms with Crippen molar-refractivity contribution < 1.29 is 9.90 Å². The SMILES string of the molecule is CC.O=C(O)[C@H]1CCCCN1. The Bertz CT molecular complexity index is 109. The van der Waals surface area contributed by atoms with Gasteiger partial charge in [0.15, 0.2) is 0 Å². The van der Waals surface area contributed by atoms with E-state index in [-0.39, 0.29) is 6.04 Å². The highest BCUT2D eigenvalue weighted by molar-refractivity contribution is 5.73. The second-order valence-corrected chi connectivity index (χ2v) is 2.34. The van der Waals surface area contributed by atoms with Crippen molar-refractivity contribution in [2.24, 2.45) is 0 Å². The van der Waals surface area contributed by atoms with E-state index in [0.717, 1.165) is 25.8 Å². The number of carbonyl (C=O) groups is 1. The summed E-state index contributed by atoms with van der Waals surface area (Å²) in [4.78, 5) is 10.3. The van der Waals surface area contributed by atoms with Gasteiger partial charge in [-0.25, -0.2) is 0 Å². The van der Waals surface area contributed by atoms with Crippen LogP contribution in [0, 0.1) is 0 Å². The van der Waals surface area contributed by atoms with Crippen LogP contribution in [0.25, 0.3) is 0 Å². The second kappa shape index (κ2) is 6.16. The molecule has 3 heteroatoms. The van der Waals surface area contributed by atoms with Gasteiger partial charge >= 0.3 is 5.97 Å². The molecule has 0 bridgehead atoms. The molecule has 11 heavy (non-hydrogen) atoms. The van der Waals surface area contributed by atoms with Gasteiger partial charge in [-0.15, -0.1) is 0 Å². The van der Waals surface area contributed by atoms with Crippen LogP contribution in [0.4, 0.5) is 0 Å². The Hall–Kier alpha value is -0.570. The van der Waals surface area contributed by atoms with E-state index in [1.807, 2.05) is 13.8 Å². The Labute approximate surface area is 67.8 Å². The smallest absolute Gasteiger partial charge is 0.320 e. The fourth-order valence-electron chi connectivity index (χ4n) is 1.06. The molecule has 1 aliphatic heterocycles. The first-order valence-electron chi connectivity index (χ1n) is 4.27. The molecule has 0 unspecified atom stereocenters. The zero-order chi connectivity index (χ0) is 8.69. The standard InChI is InChI=1S/C6H11NO2.C2H6/c8-6(9)5-3-1-2-4-7-5;1-2/h5,7H,1-4H2,(H,8,9);1-2H3/t5-;/m1./s1. The van der Waals surface area contributed by atoms with Crippen molar-refractivity contribution in [1.29, 1.82) is 0 Å². The lowest BCUT2D eigenvalue weighted by Gasteiger charge is -2.18. The van der Waals surface area contributed by atoms with Gasteiger partial charge in [0.05, 0.1) is 0 Å². The summed E-state index contributed by atoms with van der Waals surface area (Å²) in [5, 5.41) is 11.4. The number of nitrogens with one attached hydrogen (secondary N) is 1. The van der Waals surface area contributed by atoms with Gasteiger partial charge in [0.1, 0.15) is 6.04 Å². The average molecular weight is 159 g/mol. The van der Waals surface area contributed by atoms with Gasteiger partial charge in [-0.05, 0) is 19.4 Å². The topological polar surface area (TPSA) is 49.3 Å². The van der Waals surface area contributed by atoms with Gasteiger partial charge in [0, 0.05) is 0 Å². The van der Waals surface area contributed by atoms with E-state index in [2.05, 4.69) is 5.32 Å². The van der Waals surface area contributed by atoms with E-state index < -0.39 is 5.97 Å². The quantitative estimate of drug-likeness (QED) is 0.605. The van der Waals surface area contributed by atoms with Crippen LogP contribution in [0.2, 0.25) is 0 Å². The Morgan fingerprint density at radius 3 is 2.36 bits per heavy atom. The van der Waals surface area contributed by atoms with E-state index in [1.54, 1.807) is 0 Å². The Kier molecular flexibility index (Phi) is 5.84. The maximum absolute atomic E-state index is 10.3. The first kappa shape index (κ1) is 10.4. The molecule has 1 atom stereocenters. The van der Waals surface area contributed by atoms with Gasteiger partial charge in [-0.2, -0.15) is 0 Å². The fraction of sp³-hybridized carbons (Fsp3) is 0.875. The van der Waals surface area contributed by atoms with Crippen molar-refractivity contribution in [3.63, 3.8) is 0 Å². The zero-order valence-electron chi connectivity index (χ0n) is 7.26. The predicted octanol–water partition coefficient (Wildman–Crippen LogP) is 1.24. The molecule has 2 N–H and O–H groups in total. The normalized spacial score (nSPS) is 23.3. The molecule has 1 fully saturated rings. The lowest BCUT2D eigenvalue weighted by atomic mass is 10.1. The van der Waals surface area contributed by atoms with Crippen molar-refractivity contribution in [3.05, 3.63) is 0 Å². The van der Waals surface area contributed by atoms with E-state index in [0.29, 0.717) is 0 Å². The van der Waals surface area contributed by atoms with Crippen molar-refractivity contribution >= 4 is 5.97 Å². The average Bonchev–Trinajstić information content (AvgIpc) is 2.10. The molecule has 0 saturated carbocycles. The van der Waals surface area contributed by atoms with E-state index in [1.165, 1.54) is 0 Å². The molecule has 1 saturated heterocycles. The van der Waals surface area contributed by atoms with E-state index in [4.69, 9.17) is 5.11 Å². The number of carboxylic acid groups (broad SMARTS) is 1. The van der Waals surface area contributed by atoms with Crippen LogP contribution in [0.3, 0.4) is 0 Å². The number of piperidine rings is 1. The molecule has 0 aromatic heterocycles. The summed E-state index contributed by atoms with van der Waals surface area (Å²) >= 11 is 0. The van der Waals surface area contributed by atoms with Crippen molar-refractivity contribution in [1.82, 2.24) is 5.32 Å².